The Hall–Kier alpha value is -2.00. The van der Waals surface area contributed by atoms with Crippen LogP contribution >= 0.6 is 0 Å². The molecule has 18 heavy (non-hydrogen) atoms. The van der Waals surface area contributed by atoms with Gasteiger partial charge in [0, 0.05) is 6.07 Å². The maximum absolute atomic E-state index is 9.42. The monoisotopic (exact) mass is 244 g/mol. The Balaban J connectivity index is 2.13. The minimum atomic E-state index is -0.462. The fourth-order valence-corrected chi connectivity index (χ4v) is 1.62. The van der Waals surface area contributed by atoms with Gasteiger partial charge < -0.3 is 14.6 Å². The van der Waals surface area contributed by atoms with Crippen LogP contribution in [0.4, 0.5) is 0 Å². The van der Waals surface area contributed by atoms with Crippen LogP contribution in [-0.2, 0) is 0 Å². The Morgan fingerprint density at radius 1 is 0.944 bits per heavy atom. The highest BCUT2D eigenvalue weighted by atomic mass is 16.5. The number of methoxy groups -OCH3 is 1. The van der Waals surface area contributed by atoms with Gasteiger partial charge >= 0.3 is 0 Å². The summed E-state index contributed by atoms with van der Waals surface area (Å²) in [6.45, 7) is 1.73. The van der Waals surface area contributed by atoms with E-state index in [1.807, 2.05) is 48.5 Å². The van der Waals surface area contributed by atoms with Crippen molar-refractivity contribution in [3.8, 4) is 17.2 Å². The first-order valence-corrected chi connectivity index (χ1v) is 5.79. The fraction of sp³-hybridized carbons (Fsp3) is 0.200. The van der Waals surface area contributed by atoms with E-state index in [-0.39, 0.29) is 0 Å². The third-order valence-electron chi connectivity index (χ3n) is 2.64. The van der Waals surface area contributed by atoms with Crippen LogP contribution in [0.3, 0.4) is 0 Å². The molecule has 3 nitrogen and oxygen atoms in total. The molecule has 0 fully saturated rings. The highest BCUT2D eigenvalue weighted by Crippen LogP contribution is 2.26. The number of ether oxygens (including phenoxy) is 2. The Morgan fingerprint density at radius 2 is 1.61 bits per heavy atom. The van der Waals surface area contributed by atoms with E-state index >= 15 is 0 Å². The van der Waals surface area contributed by atoms with Crippen molar-refractivity contribution >= 4 is 0 Å². The second-order valence-corrected chi connectivity index (χ2v) is 4.03. The number of benzene rings is 2. The molecule has 2 rings (SSSR count). The molecule has 0 spiro atoms. The summed E-state index contributed by atoms with van der Waals surface area (Å²) in [6, 6.07) is 14.8. The molecule has 0 aliphatic rings. The number of hydrogen-bond donors (Lipinski definition) is 1. The first-order chi connectivity index (χ1) is 8.69. The van der Waals surface area contributed by atoms with Crippen LogP contribution in [0, 0.1) is 0 Å². The highest BCUT2D eigenvalue weighted by Gasteiger charge is 2.02. The van der Waals surface area contributed by atoms with Crippen LogP contribution in [0.5, 0.6) is 17.2 Å². The van der Waals surface area contributed by atoms with E-state index in [0.29, 0.717) is 0 Å². The van der Waals surface area contributed by atoms with Crippen LogP contribution in [0.2, 0.25) is 0 Å². The summed E-state index contributed by atoms with van der Waals surface area (Å²) >= 11 is 0. The lowest BCUT2D eigenvalue weighted by Gasteiger charge is -2.09. The molecule has 1 unspecified atom stereocenters. The number of aliphatic hydroxyl groups is 1. The number of rotatable bonds is 4. The molecular weight excluding hydrogens is 228 g/mol. The maximum Gasteiger partial charge on any atom is 0.131 e. The molecule has 0 aliphatic heterocycles. The van der Waals surface area contributed by atoms with E-state index in [2.05, 4.69) is 0 Å². The summed E-state index contributed by atoms with van der Waals surface area (Å²) < 4.78 is 10.8. The lowest BCUT2D eigenvalue weighted by molar-refractivity contribution is 0.199. The van der Waals surface area contributed by atoms with Crippen molar-refractivity contribution in [1.29, 1.82) is 0 Å². The van der Waals surface area contributed by atoms with Crippen LogP contribution in [0.25, 0.3) is 0 Å². The molecule has 0 radical (unpaired) electrons. The summed E-state index contributed by atoms with van der Waals surface area (Å²) in [5.41, 5.74) is 0.869. The standard InChI is InChI=1S/C15H16O3/c1-11(16)12-6-8-13(9-7-12)18-15-5-3-4-14(10-15)17-2/h3-11,16H,1-2H3. The van der Waals surface area contributed by atoms with Crippen molar-refractivity contribution in [3.05, 3.63) is 54.1 Å². The predicted molar refractivity (Wildman–Crippen MR) is 70.1 cm³/mol. The van der Waals surface area contributed by atoms with E-state index in [1.54, 1.807) is 14.0 Å². The second kappa shape index (κ2) is 5.56. The number of hydrogen-bond acceptors (Lipinski definition) is 3. The quantitative estimate of drug-likeness (QED) is 0.894. The molecule has 0 aliphatic carbocycles. The van der Waals surface area contributed by atoms with Crippen molar-refractivity contribution in [2.24, 2.45) is 0 Å². The zero-order valence-corrected chi connectivity index (χ0v) is 10.5. The summed E-state index contributed by atoms with van der Waals surface area (Å²) in [6.07, 6.45) is -0.462. The topological polar surface area (TPSA) is 38.7 Å². The maximum atomic E-state index is 9.42. The molecular formula is C15H16O3. The third-order valence-corrected chi connectivity index (χ3v) is 2.64. The molecule has 0 heterocycles. The minimum Gasteiger partial charge on any atom is -0.497 e. The zero-order chi connectivity index (χ0) is 13.0. The molecule has 2 aromatic carbocycles. The van der Waals surface area contributed by atoms with Gasteiger partial charge in [0.2, 0.25) is 0 Å². The van der Waals surface area contributed by atoms with E-state index in [0.717, 1.165) is 22.8 Å². The van der Waals surface area contributed by atoms with Gasteiger partial charge in [0.15, 0.2) is 0 Å². The lowest BCUT2D eigenvalue weighted by atomic mass is 10.1. The minimum absolute atomic E-state index is 0.462. The first-order valence-electron chi connectivity index (χ1n) is 5.79. The van der Waals surface area contributed by atoms with Crippen LogP contribution in [0.1, 0.15) is 18.6 Å². The molecule has 0 aromatic heterocycles. The smallest absolute Gasteiger partial charge is 0.131 e. The van der Waals surface area contributed by atoms with Crippen molar-refractivity contribution in [2.45, 2.75) is 13.0 Å². The Kier molecular flexibility index (Phi) is 3.85. The van der Waals surface area contributed by atoms with Crippen molar-refractivity contribution < 1.29 is 14.6 Å². The van der Waals surface area contributed by atoms with E-state index in [9.17, 15) is 5.11 Å². The van der Waals surface area contributed by atoms with Crippen LogP contribution in [-0.4, -0.2) is 12.2 Å². The largest absolute Gasteiger partial charge is 0.497 e. The average molecular weight is 244 g/mol. The predicted octanol–water partition coefficient (Wildman–Crippen LogP) is 3.54. The molecule has 0 amide bonds. The SMILES string of the molecule is COc1cccc(Oc2ccc(C(C)O)cc2)c1. The molecule has 1 atom stereocenters. The van der Waals surface area contributed by atoms with Gasteiger partial charge in [-0.05, 0) is 36.8 Å². The molecule has 0 saturated heterocycles. The van der Waals surface area contributed by atoms with Crippen molar-refractivity contribution in [2.75, 3.05) is 7.11 Å². The first kappa shape index (κ1) is 12.5. The van der Waals surface area contributed by atoms with Crippen LogP contribution < -0.4 is 9.47 Å². The van der Waals surface area contributed by atoms with Crippen molar-refractivity contribution in [1.82, 2.24) is 0 Å². The van der Waals surface area contributed by atoms with Gasteiger partial charge in [0.1, 0.15) is 17.2 Å². The zero-order valence-electron chi connectivity index (χ0n) is 10.5. The summed E-state index contributed by atoms with van der Waals surface area (Å²) in [5.74, 6) is 2.21. The van der Waals surface area contributed by atoms with Crippen LogP contribution in [0.15, 0.2) is 48.5 Å². The molecule has 1 N–H and O–H groups in total. The van der Waals surface area contributed by atoms with Gasteiger partial charge in [0.25, 0.3) is 0 Å². The van der Waals surface area contributed by atoms with Crippen molar-refractivity contribution in [3.63, 3.8) is 0 Å². The second-order valence-electron chi connectivity index (χ2n) is 4.03. The van der Waals surface area contributed by atoms with Gasteiger partial charge in [0.05, 0.1) is 13.2 Å². The van der Waals surface area contributed by atoms with E-state index in [1.165, 1.54) is 0 Å². The van der Waals surface area contributed by atoms with Gasteiger partial charge in [-0.2, -0.15) is 0 Å². The normalized spacial score (nSPS) is 11.9. The van der Waals surface area contributed by atoms with Gasteiger partial charge in [-0.25, -0.2) is 0 Å². The Labute approximate surface area is 107 Å². The molecule has 94 valence electrons. The summed E-state index contributed by atoms with van der Waals surface area (Å²) in [5, 5.41) is 9.42. The molecule has 2 aromatic rings. The van der Waals surface area contributed by atoms with Gasteiger partial charge in [-0.1, -0.05) is 18.2 Å². The summed E-state index contributed by atoms with van der Waals surface area (Å²) in [7, 11) is 1.62. The Bertz CT molecular complexity index is 503. The number of aliphatic hydroxyl groups excluding tert-OH is 1. The van der Waals surface area contributed by atoms with E-state index in [4.69, 9.17) is 9.47 Å². The van der Waals surface area contributed by atoms with Gasteiger partial charge in [-0.3, -0.25) is 0 Å². The molecule has 0 saturated carbocycles. The summed E-state index contributed by atoms with van der Waals surface area (Å²) in [4.78, 5) is 0. The van der Waals surface area contributed by atoms with E-state index < -0.39 is 6.10 Å². The fourth-order valence-electron chi connectivity index (χ4n) is 1.62. The molecule has 0 bridgehead atoms. The lowest BCUT2D eigenvalue weighted by Crippen LogP contribution is -1.91. The molecule has 3 heteroatoms. The highest BCUT2D eigenvalue weighted by molar-refractivity contribution is 5.37. The third kappa shape index (κ3) is 3.02. The van der Waals surface area contributed by atoms with Gasteiger partial charge in [-0.15, -0.1) is 0 Å². The average Bonchev–Trinajstić information content (AvgIpc) is 2.39. The Morgan fingerprint density at radius 3 is 2.22 bits per heavy atom.